The molecule has 2 N–H and O–H groups in total. The number of hydrogen-bond acceptors (Lipinski definition) is 8. The zero-order chi connectivity index (χ0) is 23.5. The summed E-state index contributed by atoms with van der Waals surface area (Å²) in [6.07, 6.45) is 12.6. The Morgan fingerprint density at radius 1 is 1.09 bits per heavy atom. The van der Waals surface area contributed by atoms with E-state index in [9.17, 15) is 0 Å². The van der Waals surface area contributed by atoms with Crippen molar-refractivity contribution in [1.29, 1.82) is 0 Å². The van der Waals surface area contributed by atoms with Gasteiger partial charge >= 0.3 is 0 Å². The van der Waals surface area contributed by atoms with Crippen LogP contribution in [0.2, 0.25) is 0 Å². The molecule has 3 aromatic heterocycles. The van der Waals surface area contributed by atoms with E-state index in [1.165, 1.54) is 12.8 Å². The molecular weight excluding hydrogens is 426 g/mol. The molecule has 1 aliphatic heterocycles. The number of anilines is 3. The number of nitrogens with zero attached hydrogens (tertiary/aromatic N) is 7. The van der Waals surface area contributed by atoms with Gasteiger partial charge in [-0.05, 0) is 50.4 Å². The van der Waals surface area contributed by atoms with Crippen molar-refractivity contribution in [2.75, 3.05) is 50.5 Å². The Bertz CT molecular complexity index is 1170. The lowest BCUT2D eigenvalue weighted by Crippen LogP contribution is -2.44. The summed E-state index contributed by atoms with van der Waals surface area (Å²) < 4.78 is 2.35. The van der Waals surface area contributed by atoms with E-state index in [4.69, 9.17) is 4.98 Å². The Labute approximate surface area is 200 Å². The fourth-order valence-corrected chi connectivity index (χ4v) is 4.98. The van der Waals surface area contributed by atoms with E-state index in [2.05, 4.69) is 59.9 Å². The molecule has 2 aliphatic rings. The van der Waals surface area contributed by atoms with Crippen LogP contribution in [0.4, 0.5) is 17.6 Å². The molecule has 178 valence electrons. The number of nitrogens with one attached hydrogen (secondary N) is 2. The Morgan fingerprint density at radius 2 is 1.88 bits per heavy atom. The van der Waals surface area contributed by atoms with Crippen molar-refractivity contribution in [2.45, 2.75) is 31.7 Å². The van der Waals surface area contributed by atoms with Crippen molar-refractivity contribution in [3.63, 3.8) is 0 Å². The maximum Gasteiger partial charge on any atom is 0.230 e. The monoisotopic (exact) mass is 459 g/mol. The summed E-state index contributed by atoms with van der Waals surface area (Å²) in [4.78, 5) is 14.1. The maximum atomic E-state index is 4.93. The van der Waals surface area contributed by atoms with Crippen LogP contribution >= 0.6 is 0 Å². The summed E-state index contributed by atoms with van der Waals surface area (Å²) >= 11 is 0. The van der Waals surface area contributed by atoms with Crippen molar-refractivity contribution >= 4 is 40.8 Å². The lowest BCUT2D eigenvalue weighted by atomic mass is 10.1. The first kappa shape index (κ1) is 22.3. The molecule has 34 heavy (non-hydrogen) atoms. The van der Waals surface area contributed by atoms with Gasteiger partial charge in [0, 0.05) is 56.4 Å². The minimum atomic E-state index is 0.428. The van der Waals surface area contributed by atoms with Gasteiger partial charge in [0.1, 0.15) is 5.65 Å². The molecule has 0 unspecified atom stereocenters. The van der Waals surface area contributed by atoms with Crippen molar-refractivity contribution in [3.05, 3.63) is 42.4 Å². The highest BCUT2D eigenvalue weighted by Crippen LogP contribution is 2.37. The molecule has 2 fully saturated rings. The molecule has 0 radical (unpaired) electrons. The molecule has 0 spiro atoms. The summed E-state index contributed by atoms with van der Waals surface area (Å²) in [7, 11) is 4.04. The second-order valence-electron chi connectivity index (χ2n) is 9.06. The van der Waals surface area contributed by atoms with Gasteiger partial charge in [-0.1, -0.05) is 19.4 Å². The fourth-order valence-electron chi connectivity index (χ4n) is 4.98. The number of aromatic nitrogens is 5. The Morgan fingerprint density at radius 3 is 2.56 bits per heavy atom. The molecule has 0 atom stereocenters. The van der Waals surface area contributed by atoms with E-state index < -0.39 is 0 Å². The van der Waals surface area contributed by atoms with Crippen molar-refractivity contribution in [2.24, 2.45) is 0 Å². The van der Waals surface area contributed by atoms with Crippen LogP contribution in [0.25, 0.3) is 23.2 Å². The van der Waals surface area contributed by atoms with Gasteiger partial charge in [0.15, 0.2) is 11.6 Å². The zero-order valence-electron chi connectivity index (χ0n) is 20.0. The molecule has 3 aromatic rings. The summed E-state index contributed by atoms with van der Waals surface area (Å²) in [6, 6.07) is 4.38. The van der Waals surface area contributed by atoms with E-state index in [-0.39, 0.29) is 0 Å². The predicted octanol–water partition coefficient (Wildman–Crippen LogP) is 3.66. The van der Waals surface area contributed by atoms with Crippen LogP contribution in [-0.2, 0) is 0 Å². The Balaban J connectivity index is 1.44. The molecule has 9 nitrogen and oxygen atoms in total. The molecule has 0 bridgehead atoms. The summed E-state index contributed by atoms with van der Waals surface area (Å²) in [5.41, 5.74) is 3.11. The van der Waals surface area contributed by atoms with Crippen LogP contribution in [0, 0.1) is 0 Å². The highest BCUT2D eigenvalue weighted by atomic mass is 15.3. The van der Waals surface area contributed by atoms with E-state index in [0.29, 0.717) is 17.8 Å². The van der Waals surface area contributed by atoms with Crippen LogP contribution in [-0.4, -0.2) is 69.9 Å². The van der Waals surface area contributed by atoms with E-state index in [1.807, 2.05) is 37.7 Å². The first-order valence-corrected chi connectivity index (χ1v) is 12.1. The average molecular weight is 460 g/mol. The van der Waals surface area contributed by atoms with Crippen molar-refractivity contribution < 1.29 is 0 Å². The highest BCUT2D eigenvalue weighted by molar-refractivity contribution is 5.92. The third-order valence-corrected chi connectivity index (χ3v) is 6.84. The first-order valence-electron chi connectivity index (χ1n) is 12.1. The molecule has 4 heterocycles. The SMILES string of the molecule is C=Cc1c(/C=C\NC)c2cnc(Nc3ccc(N4CCN(C)CC4)nn3)nc2n1C1CCCC1. The van der Waals surface area contributed by atoms with Crippen LogP contribution < -0.4 is 15.5 Å². The quantitative estimate of drug-likeness (QED) is 0.554. The molecule has 1 aliphatic carbocycles. The lowest BCUT2D eigenvalue weighted by Gasteiger charge is -2.32. The smallest absolute Gasteiger partial charge is 0.230 e. The molecule has 9 heteroatoms. The second kappa shape index (κ2) is 9.80. The van der Waals surface area contributed by atoms with Crippen LogP contribution in [0.15, 0.2) is 31.1 Å². The summed E-state index contributed by atoms with van der Waals surface area (Å²) in [5, 5.41) is 16.2. The van der Waals surface area contributed by atoms with Crippen molar-refractivity contribution in [3.8, 4) is 0 Å². The summed E-state index contributed by atoms with van der Waals surface area (Å²) in [5.74, 6) is 2.06. The molecular formula is C25H33N9. The molecule has 0 amide bonds. The van der Waals surface area contributed by atoms with E-state index in [1.54, 1.807) is 0 Å². The topological polar surface area (TPSA) is 87.0 Å². The van der Waals surface area contributed by atoms with E-state index >= 15 is 0 Å². The Kier molecular flexibility index (Phi) is 6.44. The van der Waals surface area contributed by atoms with E-state index in [0.717, 1.165) is 67.1 Å². The van der Waals surface area contributed by atoms with Gasteiger partial charge in [-0.15, -0.1) is 10.2 Å². The first-order chi connectivity index (χ1) is 16.7. The number of likely N-dealkylation sites (N-methyl/N-ethyl adjacent to an activating group) is 1. The predicted molar refractivity (Wildman–Crippen MR) is 138 cm³/mol. The normalized spacial score (nSPS) is 17.6. The molecule has 5 rings (SSSR count). The Hall–Kier alpha value is -3.46. The molecule has 1 saturated heterocycles. The van der Waals surface area contributed by atoms with Gasteiger partial charge in [0.25, 0.3) is 0 Å². The van der Waals surface area contributed by atoms with Gasteiger partial charge < -0.3 is 25.0 Å². The van der Waals surface area contributed by atoms with Crippen molar-refractivity contribution in [1.82, 2.24) is 34.9 Å². The minimum absolute atomic E-state index is 0.428. The van der Waals surface area contributed by atoms with Gasteiger partial charge in [-0.2, -0.15) is 4.98 Å². The average Bonchev–Trinajstić information content (AvgIpc) is 3.49. The van der Waals surface area contributed by atoms with Gasteiger partial charge in [-0.3, -0.25) is 0 Å². The summed E-state index contributed by atoms with van der Waals surface area (Å²) in [6.45, 7) is 8.10. The molecule has 1 saturated carbocycles. The fraction of sp³-hybridized carbons (Fsp3) is 0.440. The number of rotatable bonds is 7. The largest absolute Gasteiger partial charge is 0.394 e. The third-order valence-electron chi connectivity index (χ3n) is 6.84. The van der Waals surface area contributed by atoms with Gasteiger partial charge in [0.2, 0.25) is 5.95 Å². The minimum Gasteiger partial charge on any atom is -0.394 e. The van der Waals surface area contributed by atoms with Crippen LogP contribution in [0.5, 0.6) is 0 Å². The molecule has 0 aromatic carbocycles. The van der Waals surface area contributed by atoms with Crippen LogP contribution in [0.1, 0.15) is 43.0 Å². The van der Waals surface area contributed by atoms with Gasteiger partial charge in [-0.25, -0.2) is 4.98 Å². The number of piperazine rings is 1. The second-order valence-corrected chi connectivity index (χ2v) is 9.06. The maximum absolute atomic E-state index is 4.93. The van der Waals surface area contributed by atoms with Gasteiger partial charge in [0.05, 0.1) is 5.69 Å². The standard InChI is InChI=1S/C25H33N9/c1-4-21-19(11-12-26-2)20-17-27-25(29-24(20)34(21)18-7-5-6-8-18)28-22-9-10-23(31-30-22)33-15-13-32(3)14-16-33/h4,9-12,17-18,26H,1,5-8,13-16H2,2-3H3,(H,27,28,29,30)/b12-11-. The number of fused-ring (bicyclic) bond motifs is 1. The third kappa shape index (κ3) is 4.35. The lowest BCUT2D eigenvalue weighted by molar-refractivity contribution is 0.312. The highest BCUT2D eigenvalue weighted by Gasteiger charge is 2.25. The zero-order valence-corrected chi connectivity index (χ0v) is 20.0. The number of hydrogen-bond donors (Lipinski definition) is 2. The van der Waals surface area contributed by atoms with Crippen LogP contribution in [0.3, 0.4) is 0 Å².